The highest BCUT2D eigenvalue weighted by Gasteiger charge is 2.22. The average molecular weight is 312 g/mol. The van der Waals surface area contributed by atoms with Crippen molar-refractivity contribution in [3.05, 3.63) is 53.3 Å². The van der Waals surface area contributed by atoms with E-state index in [1.54, 1.807) is 17.1 Å². The summed E-state index contributed by atoms with van der Waals surface area (Å²) in [6.07, 6.45) is 5.52. The third-order valence-electron chi connectivity index (χ3n) is 4.30. The van der Waals surface area contributed by atoms with Crippen LogP contribution in [-0.2, 0) is 13.6 Å². The van der Waals surface area contributed by atoms with Crippen molar-refractivity contribution in [2.24, 2.45) is 7.05 Å². The zero-order valence-electron chi connectivity index (χ0n) is 13.8. The molecule has 1 aromatic heterocycles. The number of likely N-dealkylation sites (tertiary alicyclic amines) is 1. The summed E-state index contributed by atoms with van der Waals surface area (Å²) in [6, 6.07) is 8.84. The predicted molar refractivity (Wildman–Crippen MR) is 90.2 cm³/mol. The van der Waals surface area contributed by atoms with E-state index in [1.165, 1.54) is 11.1 Å². The Morgan fingerprint density at radius 1 is 1.43 bits per heavy atom. The molecule has 2 aromatic rings. The molecule has 0 bridgehead atoms. The molecule has 5 heteroatoms. The molecule has 1 fully saturated rings. The fourth-order valence-electron chi connectivity index (χ4n) is 3.19. The molecule has 1 amide bonds. The first kappa shape index (κ1) is 15.7. The summed E-state index contributed by atoms with van der Waals surface area (Å²) >= 11 is 0. The van der Waals surface area contributed by atoms with Gasteiger partial charge in [0.05, 0.1) is 11.8 Å². The lowest BCUT2D eigenvalue weighted by Gasteiger charge is -2.33. The van der Waals surface area contributed by atoms with E-state index >= 15 is 0 Å². The van der Waals surface area contributed by atoms with E-state index in [-0.39, 0.29) is 11.9 Å². The molecule has 0 aliphatic carbocycles. The van der Waals surface area contributed by atoms with Crippen molar-refractivity contribution in [2.75, 3.05) is 13.1 Å². The second kappa shape index (κ2) is 6.96. The largest absolute Gasteiger partial charge is 0.348 e. The number of piperidine rings is 1. The Morgan fingerprint density at radius 2 is 2.30 bits per heavy atom. The lowest BCUT2D eigenvalue weighted by Crippen LogP contribution is -2.47. The smallest absolute Gasteiger partial charge is 0.254 e. The Morgan fingerprint density at radius 3 is 3.04 bits per heavy atom. The summed E-state index contributed by atoms with van der Waals surface area (Å²) in [7, 11) is 1.82. The highest BCUT2D eigenvalue weighted by Crippen LogP contribution is 2.15. The quantitative estimate of drug-likeness (QED) is 0.941. The van der Waals surface area contributed by atoms with Crippen LogP contribution in [0.5, 0.6) is 0 Å². The Labute approximate surface area is 137 Å². The number of carbonyl (C=O) groups is 1. The van der Waals surface area contributed by atoms with E-state index in [9.17, 15) is 4.79 Å². The Kier molecular flexibility index (Phi) is 4.76. The summed E-state index contributed by atoms with van der Waals surface area (Å²) in [5.74, 6) is -0.0273. The van der Waals surface area contributed by atoms with Gasteiger partial charge in [0.15, 0.2) is 0 Å². The third-order valence-corrected chi connectivity index (χ3v) is 4.30. The zero-order chi connectivity index (χ0) is 16.2. The molecular weight excluding hydrogens is 288 g/mol. The molecule has 5 nitrogen and oxygen atoms in total. The highest BCUT2D eigenvalue weighted by atomic mass is 16.1. The third kappa shape index (κ3) is 4.20. The van der Waals surface area contributed by atoms with Crippen molar-refractivity contribution in [2.45, 2.75) is 32.4 Å². The van der Waals surface area contributed by atoms with Crippen LogP contribution in [-0.4, -0.2) is 39.7 Å². The Bertz CT molecular complexity index is 679. The van der Waals surface area contributed by atoms with Gasteiger partial charge in [-0.2, -0.15) is 5.10 Å². The molecule has 1 atom stereocenters. The lowest BCUT2D eigenvalue weighted by atomic mass is 10.0. The molecule has 0 spiro atoms. The molecule has 122 valence electrons. The van der Waals surface area contributed by atoms with Gasteiger partial charge in [0.1, 0.15) is 0 Å². The van der Waals surface area contributed by atoms with Crippen LogP contribution in [0.25, 0.3) is 0 Å². The standard InChI is InChI=1S/C18H24N4O/c1-14-5-3-6-15(9-14)11-22-8-4-7-17(13-22)20-18(23)16-10-19-21(2)12-16/h3,5-6,9-10,12,17H,4,7-8,11,13H2,1-2H3,(H,20,23). The molecule has 1 N–H and O–H groups in total. The monoisotopic (exact) mass is 312 g/mol. The Hall–Kier alpha value is -2.14. The van der Waals surface area contributed by atoms with E-state index in [2.05, 4.69) is 46.5 Å². The summed E-state index contributed by atoms with van der Waals surface area (Å²) in [6.45, 7) is 5.06. The molecule has 1 aliphatic heterocycles. The van der Waals surface area contributed by atoms with Gasteiger partial charge in [-0.25, -0.2) is 0 Å². The second-order valence-electron chi connectivity index (χ2n) is 6.44. The van der Waals surface area contributed by atoms with Gasteiger partial charge < -0.3 is 5.32 Å². The first-order chi connectivity index (χ1) is 11.1. The van der Waals surface area contributed by atoms with Gasteiger partial charge in [-0.15, -0.1) is 0 Å². The SMILES string of the molecule is Cc1cccc(CN2CCCC(NC(=O)c3cnn(C)c3)C2)c1. The summed E-state index contributed by atoms with van der Waals surface area (Å²) in [5.41, 5.74) is 3.26. The molecule has 0 saturated carbocycles. The summed E-state index contributed by atoms with van der Waals surface area (Å²) < 4.78 is 1.65. The second-order valence-corrected chi connectivity index (χ2v) is 6.44. The first-order valence-electron chi connectivity index (χ1n) is 8.17. The number of nitrogens with zero attached hydrogens (tertiary/aromatic N) is 3. The fourth-order valence-corrected chi connectivity index (χ4v) is 3.19. The van der Waals surface area contributed by atoms with E-state index < -0.39 is 0 Å². The molecule has 1 saturated heterocycles. The number of nitrogens with one attached hydrogen (secondary N) is 1. The normalized spacial score (nSPS) is 18.8. The average Bonchev–Trinajstić information content (AvgIpc) is 2.94. The minimum atomic E-state index is -0.0273. The van der Waals surface area contributed by atoms with E-state index in [0.29, 0.717) is 5.56 Å². The molecule has 2 heterocycles. The van der Waals surface area contributed by atoms with Crippen molar-refractivity contribution >= 4 is 5.91 Å². The van der Waals surface area contributed by atoms with Crippen molar-refractivity contribution in [1.82, 2.24) is 20.0 Å². The molecule has 1 aromatic carbocycles. The van der Waals surface area contributed by atoms with Gasteiger partial charge in [0.25, 0.3) is 5.91 Å². The molecular formula is C18H24N4O. The highest BCUT2D eigenvalue weighted by molar-refractivity contribution is 5.93. The van der Waals surface area contributed by atoms with E-state index in [4.69, 9.17) is 0 Å². The van der Waals surface area contributed by atoms with Crippen LogP contribution in [0.15, 0.2) is 36.7 Å². The van der Waals surface area contributed by atoms with Crippen molar-refractivity contribution in [3.8, 4) is 0 Å². The van der Waals surface area contributed by atoms with Gasteiger partial charge in [0.2, 0.25) is 0 Å². The Balaban J connectivity index is 1.56. The van der Waals surface area contributed by atoms with Crippen LogP contribution in [0.1, 0.15) is 34.3 Å². The van der Waals surface area contributed by atoms with Crippen LogP contribution >= 0.6 is 0 Å². The molecule has 23 heavy (non-hydrogen) atoms. The minimum absolute atomic E-state index is 0.0273. The molecule has 1 aliphatic rings. The maximum Gasteiger partial charge on any atom is 0.254 e. The topological polar surface area (TPSA) is 50.2 Å². The molecule has 0 radical (unpaired) electrons. The molecule has 3 rings (SSSR count). The number of hydrogen-bond acceptors (Lipinski definition) is 3. The van der Waals surface area contributed by atoms with Crippen LogP contribution in [0.3, 0.4) is 0 Å². The minimum Gasteiger partial charge on any atom is -0.348 e. The van der Waals surface area contributed by atoms with Gasteiger partial charge in [0, 0.05) is 32.4 Å². The van der Waals surface area contributed by atoms with Crippen LogP contribution < -0.4 is 5.32 Å². The number of carbonyl (C=O) groups excluding carboxylic acids is 1. The van der Waals surface area contributed by atoms with Crippen LogP contribution in [0, 0.1) is 6.92 Å². The predicted octanol–water partition coefficient (Wildman–Crippen LogP) is 2.12. The number of benzene rings is 1. The van der Waals surface area contributed by atoms with E-state index in [0.717, 1.165) is 32.5 Å². The maximum absolute atomic E-state index is 12.3. The summed E-state index contributed by atoms with van der Waals surface area (Å²) in [4.78, 5) is 14.7. The lowest BCUT2D eigenvalue weighted by molar-refractivity contribution is 0.0900. The molecule has 1 unspecified atom stereocenters. The first-order valence-corrected chi connectivity index (χ1v) is 8.17. The summed E-state index contributed by atoms with van der Waals surface area (Å²) in [5, 5.41) is 7.20. The fraction of sp³-hybridized carbons (Fsp3) is 0.444. The number of aryl methyl sites for hydroxylation is 2. The number of amides is 1. The number of aromatic nitrogens is 2. The van der Waals surface area contributed by atoms with E-state index in [1.807, 2.05) is 7.05 Å². The maximum atomic E-state index is 12.3. The van der Waals surface area contributed by atoms with Crippen LogP contribution in [0.2, 0.25) is 0 Å². The van der Waals surface area contributed by atoms with Gasteiger partial charge in [-0.3, -0.25) is 14.4 Å². The van der Waals surface area contributed by atoms with Gasteiger partial charge in [-0.1, -0.05) is 29.8 Å². The van der Waals surface area contributed by atoms with Gasteiger partial charge in [-0.05, 0) is 31.9 Å². The zero-order valence-corrected chi connectivity index (χ0v) is 13.8. The van der Waals surface area contributed by atoms with Crippen LogP contribution in [0.4, 0.5) is 0 Å². The van der Waals surface area contributed by atoms with Crippen molar-refractivity contribution in [1.29, 1.82) is 0 Å². The number of hydrogen-bond donors (Lipinski definition) is 1. The van der Waals surface area contributed by atoms with Crippen molar-refractivity contribution in [3.63, 3.8) is 0 Å². The van der Waals surface area contributed by atoms with Crippen molar-refractivity contribution < 1.29 is 4.79 Å². The van der Waals surface area contributed by atoms with Gasteiger partial charge >= 0.3 is 0 Å². The number of rotatable bonds is 4.